The second kappa shape index (κ2) is 33.1. The predicted octanol–water partition coefficient (Wildman–Crippen LogP) is 14.4. The molecule has 0 bridgehead atoms. The highest BCUT2D eigenvalue weighted by Crippen LogP contribution is 2.26. The van der Waals surface area contributed by atoms with Crippen LogP contribution in [0.5, 0.6) is 0 Å². The molecule has 0 aliphatic carbocycles. The third kappa shape index (κ3) is 25.8. The van der Waals surface area contributed by atoms with Gasteiger partial charge in [0.25, 0.3) is 0 Å². The lowest BCUT2D eigenvalue weighted by atomic mass is 9.90. The molecule has 0 aliphatic heterocycles. The van der Waals surface area contributed by atoms with Crippen LogP contribution in [0.25, 0.3) is 0 Å². The Morgan fingerprint density at radius 3 is 0.938 bits per heavy atom. The van der Waals surface area contributed by atoms with E-state index in [1.807, 2.05) is 0 Å². The first kappa shape index (κ1) is 46.9. The van der Waals surface area contributed by atoms with Crippen LogP contribution < -0.4 is 0 Å². The van der Waals surface area contributed by atoms with Crippen LogP contribution in [0.3, 0.4) is 0 Å². The zero-order valence-corrected chi connectivity index (χ0v) is 33.9. The standard InChI is InChI=1S/C44H86O4/c1-9-17-25-39(15-7)31-35-41(33-29-37(11-3)12-4)47-43(45)27-23-21-19-20-22-24-28-44(46)48-42(34-30-38(13-5)14-6)36-32-40(16-8)26-18-10-2/h37-42H,9-36H2,1-8H3. The highest BCUT2D eigenvalue weighted by atomic mass is 16.5. The molecule has 0 aliphatic rings. The Kier molecular flexibility index (Phi) is 32.4. The van der Waals surface area contributed by atoms with Crippen LogP contribution in [0, 0.1) is 23.7 Å². The number of ether oxygens (including phenoxy) is 2. The van der Waals surface area contributed by atoms with Gasteiger partial charge in [0.15, 0.2) is 0 Å². The van der Waals surface area contributed by atoms with Gasteiger partial charge in [-0.05, 0) is 87.9 Å². The van der Waals surface area contributed by atoms with Gasteiger partial charge < -0.3 is 9.47 Å². The summed E-state index contributed by atoms with van der Waals surface area (Å²) < 4.78 is 12.2. The van der Waals surface area contributed by atoms with Gasteiger partial charge in [0.1, 0.15) is 12.2 Å². The van der Waals surface area contributed by atoms with Crippen molar-refractivity contribution >= 4 is 11.9 Å². The third-order valence-corrected chi connectivity index (χ3v) is 11.6. The molecule has 0 fully saturated rings. The largest absolute Gasteiger partial charge is 0.462 e. The van der Waals surface area contributed by atoms with Crippen molar-refractivity contribution in [1.82, 2.24) is 0 Å². The maximum atomic E-state index is 12.8. The molecule has 0 aromatic carbocycles. The Hall–Kier alpha value is -1.06. The molecule has 0 saturated heterocycles. The Labute approximate surface area is 301 Å². The van der Waals surface area contributed by atoms with Gasteiger partial charge in [-0.25, -0.2) is 0 Å². The van der Waals surface area contributed by atoms with Crippen molar-refractivity contribution in [1.29, 1.82) is 0 Å². The third-order valence-electron chi connectivity index (χ3n) is 11.6. The van der Waals surface area contributed by atoms with Gasteiger partial charge in [-0.1, -0.05) is 158 Å². The van der Waals surface area contributed by atoms with E-state index in [4.69, 9.17) is 9.47 Å². The van der Waals surface area contributed by atoms with Gasteiger partial charge in [0.05, 0.1) is 0 Å². The lowest BCUT2D eigenvalue weighted by Crippen LogP contribution is -2.20. The molecule has 48 heavy (non-hydrogen) atoms. The summed E-state index contributed by atoms with van der Waals surface area (Å²) in [5, 5.41) is 0. The fourth-order valence-electron chi connectivity index (χ4n) is 7.43. The van der Waals surface area contributed by atoms with Crippen molar-refractivity contribution < 1.29 is 19.1 Å². The Morgan fingerprint density at radius 2 is 0.646 bits per heavy atom. The monoisotopic (exact) mass is 679 g/mol. The van der Waals surface area contributed by atoms with Crippen LogP contribution >= 0.6 is 0 Å². The number of carbonyl (C=O) groups is 2. The van der Waals surface area contributed by atoms with Gasteiger partial charge in [0.2, 0.25) is 0 Å². The topological polar surface area (TPSA) is 52.6 Å². The number of carbonyl (C=O) groups excluding carboxylic acids is 2. The van der Waals surface area contributed by atoms with Crippen LogP contribution in [0.1, 0.15) is 235 Å². The zero-order chi connectivity index (χ0) is 35.8. The minimum Gasteiger partial charge on any atom is -0.462 e. The number of hydrogen-bond acceptors (Lipinski definition) is 4. The molecule has 0 N–H and O–H groups in total. The Bertz CT molecular complexity index is 653. The summed E-state index contributed by atoms with van der Waals surface area (Å²) in [5.41, 5.74) is 0. The fraction of sp³-hybridized carbons (Fsp3) is 0.955. The minimum absolute atomic E-state index is 0.00303. The lowest BCUT2D eigenvalue weighted by molar-refractivity contribution is -0.151. The van der Waals surface area contributed by atoms with Crippen molar-refractivity contribution in [3.05, 3.63) is 0 Å². The number of esters is 2. The molecule has 0 radical (unpaired) electrons. The summed E-state index contributed by atoms with van der Waals surface area (Å²) in [6, 6.07) is 0. The van der Waals surface area contributed by atoms with Crippen LogP contribution in [0.15, 0.2) is 0 Å². The normalized spacial score (nSPS) is 14.3. The van der Waals surface area contributed by atoms with Crippen molar-refractivity contribution in [3.8, 4) is 0 Å². The number of unbranched alkanes of at least 4 members (excludes halogenated alkanes) is 7. The van der Waals surface area contributed by atoms with E-state index in [0.29, 0.717) is 12.8 Å². The van der Waals surface area contributed by atoms with E-state index in [0.717, 1.165) is 87.9 Å². The summed E-state index contributed by atoms with van der Waals surface area (Å²) in [6.07, 6.45) is 31.2. The molecule has 0 amide bonds. The lowest BCUT2D eigenvalue weighted by Gasteiger charge is -2.23. The second-order valence-corrected chi connectivity index (χ2v) is 15.4. The first-order chi connectivity index (χ1) is 23.3. The maximum absolute atomic E-state index is 12.8. The predicted molar refractivity (Wildman–Crippen MR) is 208 cm³/mol. The molecule has 4 unspecified atom stereocenters. The van der Waals surface area contributed by atoms with E-state index >= 15 is 0 Å². The molecule has 0 saturated carbocycles. The van der Waals surface area contributed by atoms with E-state index in [1.165, 1.54) is 103 Å². The molecular formula is C44H86O4. The number of rotatable bonds is 35. The summed E-state index contributed by atoms with van der Waals surface area (Å²) >= 11 is 0. The SMILES string of the molecule is CCCCC(CC)CCC(CCC(CC)CC)OC(=O)CCCCCCCCC(=O)OC(CCC(CC)CC)CCC(CC)CCCC. The highest BCUT2D eigenvalue weighted by Gasteiger charge is 2.20. The molecule has 0 rings (SSSR count). The Balaban J connectivity index is 4.49. The molecule has 0 spiro atoms. The zero-order valence-electron chi connectivity index (χ0n) is 33.9. The van der Waals surface area contributed by atoms with Crippen molar-refractivity contribution in [2.45, 2.75) is 247 Å². The molecule has 0 heterocycles. The van der Waals surface area contributed by atoms with E-state index in [9.17, 15) is 9.59 Å². The Morgan fingerprint density at radius 1 is 0.354 bits per heavy atom. The number of hydrogen-bond donors (Lipinski definition) is 0. The molecular weight excluding hydrogens is 592 g/mol. The summed E-state index contributed by atoms with van der Waals surface area (Å²) in [4.78, 5) is 25.6. The van der Waals surface area contributed by atoms with Crippen LogP contribution in [0.2, 0.25) is 0 Å². The first-order valence-corrected chi connectivity index (χ1v) is 21.7. The average Bonchev–Trinajstić information content (AvgIpc) is 3.09. The maximum Gasteiger partial charge on any atom is 0.306 e. The molecule has 286 valence electrons. The van der Waals surface area contributed by atoms with Crippen molar-refractivity contribution in [2.75, 3.05) is 0 Å². The minimum atomic E-state index is 0.00303. The smallest absolute Gasteiger partial charge is 0.306 e. The summed E-state index contributed by atoms with van der Waals surface area (Å²) in [7, 11) is 0. The van der Waals surface area contributed by atoms with Gasteiger partial charge >= 0.3 is 11.9 Å². The molecule has 4 atom stereocenters. The molecule has 4 heteroatoms. The van der Waals surface area contributed by atoms with Gasteiger partial charge in [-0.3, -0.25) is 9.59 Å². The quantitative estimate of drug-likeness (QED) is 0.0494. The van der Waals surface area contributed by atoms with Crippen molar-refractivity contribution in [2.24, 2.45) is 23.7 Å². The van der Waals surface area contributed by atoms with E-state index in [1.54, 1.807) is 0 Å². The van der Waals surface area contributed by atoms with Crippen LogP contribution in [-0.4, -0.2) is 24.1 Å². The second-order valence-electron chi connectivity index (χ2n) is 15.4. The average molecular weight is 679 g/mol. The first-order valence-electron chi connectivity index (χ1n) is 21.7. The van der Waals surface area contributed by atoms with Crippen LogP contribution in [0.4, 0.5) is 0 Å². The van der Waals surface area contributed by atoms with Crippen molar-refractivity contribution in [3.63, 3.8) is 0 Å². The van der Waals surface area contributed by atoms with Gasteiger partial charge in [0, 0.05) is 12.8 Å². The summed E-state index contributed by atoms with van der Waals surface area (Å²) in [6.45, 7) is 18.3. The fourth-order valence-corrected chi connectivity index (χ4v) is 7.43. The van der Waals surface area contributed by atoms with Gasteiger partial charge in [-0.2, -0.15) is 0 Å². The van der Waals surface area contributed by atoms with E-state index < -0.39 is 0 Å². The molecule has 4 nitrogen and oxygen atoms in total. The highest BCUT2D eigenvalue weighted by molar-refractivity contribution is 5.69. The summed E-state index contributed by atoms with van der Waals surface area (Å²) in [5.74, 6) is 3.01. The molecule has 0 aromatic rings. The van der Waals surface area contributed by atoms with Crippen LogP contribution in [-0.2, 0) is 19.1 Å². The molecule has 0 aromatic heterocycles. The van der Waals surface area contributed by atoms with Gasteiger partial charge in [-0.15, -0.1) is 0 Å². The van der Waals surface area contributed by atoms with E-state index in [-0.39, 0.29) is 24.1 Å². The van der Waals surface area contributed by atoms with E-state index in [2.05, 4.69) is 55.4 Å².